The summed E-state index contributed by atoms with van der Waals surface area (Å²) in [5.74, 6) is -0.673. The van der Waals surface area contributed by atoms with Crippen LogP contribution in [0.5, 0.6) is 0 Å². The van der Waals surface area contributed by atoms with E-state index in [-0.39, 0.29) is 0 Å². The molecule has 1 N–H and O–H groups in total. The Labute approximate surface area is 108 Å². The summed E-state index contributed by atoms with van der Waals surface area (Å²) in [5.41, 5.74) is 0.706. The van der Waals surface area contributed by atoms with Crippen LogP contribution in [-0.4, -0.2) is 29.1 Å². The summed E-state index contributed by atoms with van der Waals surface area (Å²) in [4.78, 5) is 13.6. The standard InChI is InChI=1S/C15H21NO2/c1-3-13(12-7-5-4-6-8-12)16-10-9-15(2,11-16)14(17)18/h4-8,13H,3,9-11H2,1-2H3,(H,17,18). The number of hydrogen-bond donors (Lipinski definition) is 1. The molecule has 1 aromatic rings. The molecule has 1 heterocycles. The molecule has 1 aliphatic heterocycles. The van der Waals surface area contributed by atoms with Crippen molar-refractivity contribution in [2.24, 2.45) is 5.41 Å². The third-order valence-corrected chi connectivity index (χ3v) is 4.03. The molecule has 1 fully saturated rings. The first-order valence-corrected chi connectivity index (χ1v) is 6.59. The summed E-state index contributed by atoms with van der Waals surface area (Å²) in [6.07, 6.45) is 1.76. The van der Waals surface area contributed by atoms with Gasteiger partial charge < -0.3 is 5.11 Å². The van der Waals surface area contributed by atoms with Crippen molar-refractivity contribution in [1.29, 1.82) is 0 Å². The van der Waals surface area contributed by atoms with Gasteiger partial charge in [-0.25, -0.2) is 0 Å². The van der Waals surface area contributed by atoms with Crippen LogP contribution in [0.3, 0.4) is 0 Å². The van der Waals surface area contributed by atoms with E-state index in [1.165, 1.54) is 5.56 Å². The van der Waals surface area contributed by atoms with Crippen molar-refractivity contribution in [3.05, 3.63) is 35.9 Å². The van der Waals surface area contributed by atoms with Gasteiger partial charge in [0.1, 0.15) is 0 Å². The highest BCUT2D eigenvalue weighted by Crippen LogP contribution is 2.36. The molecule has 1 aromatic carbocycles. The number of benzene rings is 1. The molecule has 0 spiro atoms. The first-order valence-electron chi connectivity index (χ1n) is 6.59. The Hall–Kier alpha value is -1.35. The average molecular weight is 247 g/mol. The van der Waals surface area contributed by atoms with Crippen LogP contribution >= 0.6 is 0 Å². The first-order chi connectivity index (χ1) is 8.57. The second kappa shape index (κ2) is 5.11. The lowest BCUT2D eigenvalue weighted by atomic mass is 9.90. The van der Waals surface area contributed by atoms with Gasteiger partial charge in [-0.3, -0.25) is 9.69 Å². The number of nitrogens with zero attached hydrogens (tertiary/aromatic N) is 1. The Balaban J connectivity index is 2.15. The highest BCUT2D eigenvalue weighted by atomic mass is 16.4. The smallest absolute Gasteiger partial charge is 0.310 e. The van der Waals surface area contributed by atoms with Gasteiger partial charge in [-0.1, -0.05) is 37.3 Å². The van der Waals surface area contributed by atoms with Crippen LogP contribution in [0.1, 0.15) is 38.3 Å². The van der Waals surface area contributed by atoms with Crippen LogP contribution in [0.4, 0.5) is 0 Å². The molecule has 3 heteroatoms. The van der Waals surface area contributed by atoms with Gasteiger partial charge >= 0.3 is 5.97 Å². The number of carboxylic acid groups (broad SMARTS) is 1. The van der Waals surface area contributed by atoms with E-state index in [1.807, 2.05) is 25.1 Å². The van der Waals surface area contributed by atoms with Gasteiger partial charge in [-0.2, -0.15) is 0 Å². The SMILES string of the molecule is CCC(c1ccccc1)N1CCC(C)(C(=O)O)C1. The zero-order valence-electron chi connectivity index (χ0n) is 11.1. The Morgan fingerprint density at radius 3 is 2.61 bits per heavy atom. The van der Waals surface area contributed by atoms with E-state index < -0.39 is 11.4 Å². The molecule has 2 unspecified atom stereocenters. The van der Waals surface area contributed by atoms with Crippen LogP contribution < -0.4 is 0 Å². The van der Waals surface area contributed by atoms with Crippen molar-refractivity contribution in [2.45, 2.75) is 32.7 Å². The highest BCUT2D eigenvalue weighted by molar-refractivity contribution is 5.74. The van der Waals surface area contributed by atoms with E-state index in [4.69, 9.17) is 0 Å². The zero-order chi connectivity index (χ0) is 13.2. The van der Waals surface area contributed by atoms with Crippen molar-refractivity contribution in [3.8, 4) is 0 Å². The molecule has 0 aromatic heterocycles. The number of aliphatic carboxylic acids is 1. The fourth-order valence-corrected chi connectivity index (χ4v) is 2.82. The molecular formula is C15H21NO2. The monoisotopic (exact) mass is 247 g/mol. The molecule has 2 rings (SSSR count). The number of carbonyl (C=O) groups is 1. The Kier molecular flexibility index (Phi) is 3.71. The van der Waals surface area contributed by atoms with E-state index in [0.717, 1.165) is 19.4 Å². The topological polar surface area (TPSA) is 40.5 Å². The fraction of sp³-hybridized carbons (Fsp3) is 0.533. The van der Waals surface area contributed by atoms with Gasteiger partial charge in [0.15, 0.2) is 0 Å². The highest BCUT2D eigenvalue weighted by Gasteiger charge is 2.42. The predicted molar refractivity (Wildman–Crippen MR) is 71.4 cm³/mol. The quantitative estimate of drug-likeness (QED) is 0.889. The summed E-state index contributed by atoms with van der Waals surface area (Å²) in [5, 5.41) is 9.29. The van der Waals surface area contributed by atoms with Crippen LogP contribution in [-0.2, 0) is 4.79 Å². The molecule has 1 aliphatic rings. The van der Waals surface area contributed by atoms with Crippen LogP contribution in [0, 0.1) is 5.41 Å². The Morgan fingerprint density at radius 2 is 2.11 bits per heavy atom. The Morgan fingerprint density at radius 1 is 1.44 bits per heavy atom. The normalized spacial score (nSPS) is 26.1. The molecular weight excluding hydrogens is 226 g/mol. The maximum atomic E-state index is 11.3. The lowest BCUT2D eigenvalue weighted by molar-refractivity contribution is -0.147. The van der Waals surface area contributed by atoms with Crippen molar-refractivity contribution in [1.82, 2.24) is 4.90 Å². The van der Waals surface area contributed by atoms with Crippen molar-refractivity contribution < 1.29 is 9.90 Å². The molecule has 0 aliphatic carbocycles. The van der Waals surface area contributed by atoms with E-state index in [1.54, 1.807) is 0 Å². The number of rotatable bonds is 4. The van der Waals surface area contributed by atoms with Gasteiger partial charge in [0.25, 0.3) is 0 Å². The van der Waals surface area contributed by atoms with Crippen LogP contribution in [0.15, 0.2) is 30.3 Å². The first kappa shape index (κ1) is 13.1. The molecule has 0 bridgehead atoms. The van der Waals surface area contributed by atoms with Gasteiger partial charge in [-0.15, -0.1) is 0 Å². The van der Waals surface area contributed by atoms with Crippen molar-refractivity contribution in [2.75, 3.05) is 13.1 Å². The molecule has 0 amide bonds. The zero-order valence-corrected chi connectivity index (χ0v) is 11.1. The second-order valence-electron chi connectivity index (χ2n) is 5.42. The third kappa shape index (κ3) is 2.41. The summed E-state index contributed by atoms with van der Waals surface area (Å²) in [6, 6.07) is 10.7. The summed E-state index contributed by atoms with van der Waals surface area (Å²) in [7, 11) is 0. The molecule has 1 saturated heterocycles. The van der Waals surface area contributed by atoms with E-state index >= 15 is 0 Å². The number of hydrogen-bond acceptors (Lipinski definition) is 2. The molecule has 3 nitrogen and oxygen atoms in total. The summed E-state index contributed by atoms with van der Waals surface area (Å²) >= 11 is 0. The van der Waals surface area contributed by atoms with Crippen LogP contribution in [0.25, 0.3) is 0 Å². The Bertz CT molecular complexity index is 418. The van der Waals surface area contributed by atoms with Gasteiger partial charge in [0.05, 0.1) is 5.41 Å². The average Bonchev–Trinajstić information content (AvgIpc) is 2.76. The van der Waals surface area contributed by atoms with Gasteiger partial charge in [-0.05, 0) is 31.9 Å². The minimum Gasteiger partial charge on any atom is -0.481 e. The molecule has 18 heavy (non-hydrogen) atoms. The number of carboxylic acids is 1. The molecule has 98 valence electrons. The molecule has 2 atom stereocenters. The number of likely N-dealkylation sites (tertiary alicyclic amines) is 1. The predicted octanol–water partition coefficient (Wildman–Crippen LogP) is 2.93. The lowest BCUT2D eigenvalue weighted by Crippen LogP contribution is -2.33. The summed E-state index contributed by atoms with van der Waals surface area (Å²) < 4.78 is 0. The molecule has 0 saturated carbocycles. The molecule has 0 radical (unpaired) electrons. The minimum atomic E-state index is -0.673. The third-order valence-electron chi connectivity index (χ3n) is 4.03. The minimum absolute atomic E-state index is 0.340. The van der Waals surface area contributed by atoms with E-state index in [9.17, 15) is 9.90 Å². The van der Waals surface area contributed by atoms with E-state index in [2.05, 4.69) is 24.0 Å². The van der Waals surface area contributed by atoms with Gasteiger partial charge in [0, 0.05) is 12.6 Å². The van der Waals surface area contributed by atoms with E-state index in [0.29, 0.717) is 12.6 Å². The second-order valence-corrected chi connectivity index (χ2v) is 5.42. The van der Waals surface area contributed by atoms with Crippen molar-refractivity contribution >= 4 is 5.97 Å². The fourth-order valence-electron chi connectivity index (χ4n) is 2.82. The van der Waals surface area contributed by atoms with Gasteiger partial charge in [0.2, 0.25) is 0 Å². The maximum absolute atomic E-state index is 11.3. The van der Waals surface area contributed by atoms with Crippen LogP contribution in [0.2, 0.25) is 0 Å². The van der Waals surface area contributed by atoms with Crippen molar-refractivity contribution in [3.63, 3.8) is 0 Å². The lowest BCUT2D eigenvalue weighted by Gasteiger charge is -2.28. The summed E-state index contributed by atoms with van der Waals surface area (Å²) in [6.45, 7) is 5.53. The maximum Gasteiger partial charge on any atom is 0.310 e. The largest absolute Gasteiger partial charge is 0.481 e.